The van der Waals surface area contributed by atoms with Crippen molar-refractivity contribution >= 4 is 57.3 Å². The van der Waals surface area contributed by atoms with E-state index in [9.17, 15) is 9.69 Å². The van der Waals surface area contributed by atoms with Crippen molar-refractivity contribution in [3.63, 3.8) is 0 Å². The molecule has 3 aromatic rings. The number of carbonyl (C=O) groups is 1. The molecule has 155 valence electrons. The summed E-state index contributed by atoms with van der Waals surface area (Å²) in [6.45, 7) is 1.37. The van der Waals surface area contributed by atoms with Gasteiger partial charge >= 0.3 is 0 Å². The molecule has 1 atom stereocenters. The first kappa shape index (κ1) is 21.5. The summed E-state index contributed by atoms with van der Waals surface area (Å²) in [6, 6.07) is 25.9. The van der Waals surface area contributed by atoms with E-state index in [4.69, 9.17) is 0 Å². The summed E-state index contributed by atoms with van der Waals surface area (Å²) in [4.78, 5) is 24.2. The summed E-state index contributed by atoms with van der Waals surface area (Å²) in [6.07, 6.45) is 1.18. The van der Waals surface area contributed by atoms with Gasteiger partial charge in [0.2, 0.25) is 0 Å². The molecule has 0 aromatic heterocycles. The van der Waals surface area contributed by atoms with Crippen molar-refractivity contribution in [3.8, 4) is 0 Å². The Morgan fingerprint density at radius 3 is 1.73 bits per heavy atom. The molecule has 1 aliphatic rings. The Bertz CT molecular complexity index is 946. The summed E-state index contributed by atoms with van der Waals surface area (Å²) in [5.74, 6) is 0. The van der Waals surface area contributed by atoms with Crippen LogP contribution in [0.3, 0.4) is 0 Å². The highest BCUT2D eigenvalue weighted by Gasteiger charge is 2.51. The van der Waals surface area contributed by atoms with Crippen molar-refractivity contribution in [1.82, 2.24) is 0 Å². The van der Waals surface area contributed by atoms with Gasteiger partial charge < -0.3 is 19.0 Å². The molecule has 0 amide bonds. The molecule has 0 spiro atoms. The highest BCUT2D eigenvalue weighted by Crippen LogP contribution is 2.75. The molecule has 1 aliphatic heterocycles. The lowest BCUT2D eigenvalue weighted by Gasteiger charge is -2.47. The zero-order valence-electron chi connectivity index (χ0n) is 16.2. The Morgan fingerprint density at radius 2 is 1.30 bits per heavy atom. The first-order chi connectivity index (χ1) is 14.5. The van der Waals surface area contributed by atoms with Crippen LogP contribution in [0.5, 0.6) is 0 Å². The normalized spacial score (nSPS) is 16.5. The maximum Gasteiger partial charge on any atom is 0.169 e. The average molecular weight is 549 g/mol. The number of hydrogen-bond acceptors (Lipinski definition) is 4. The van der Waals surface area contributed by atoms with Gasteiger partial charge in [0, 0.05) is 39.8 Å². The number of anilines is 2. The van der Waals surface area contributed by atoms with Crippen LogP contribution in [0.4, 0.5) is 11.4 Å². The van der Waals surface area contributed by atoms with Crippen molar-refractivity contribution in [3.05, 3.63) is 93.4 Å². The van der Waals surface area contributed by atoms with Gasteiger partial charge in [0.15, 0.2) is 7.79 Å². The lowest BCUT2D eigenvalue weighted by atomic mass is 10.1. The molecule has 1 N–H and O–H groups in total. The molecule has 1 saturated heterocycles. The second-order valence-corrected chi connectivity index (χ2v) is 11.8. The fourth-order valence-corrected chi connectivity index (χ4v) is 8.14. The van der Waals surface area contributed by atoms with E-state index in [2.05, 4.69) is 41.2 Å². The molecule has 3 aromatic carbocycles. The number of carbonyl (C=O) groups excluding carboxylic acids is 1. The number of hydrogen-bond donors (Lipinski definition) is 1. The van der Waals surface area contributed by atoms with Gasteiger partial charge in [-0.3, -0.25) is 0 Å². The fraction of sp³-hybridized carbons (Fsp3) is 0.174. The molecule has 0 saturated carbocycles. The van der Waals surface area contributed by atoms with E-state index in [0.717, 1.165) is 32.2 Å². The zero-order chi connectivity index (χ0) is 21.1. The summed E-state index contributed by atoms with van der Waals surface area (Å²) in [5, 5.41) is 0. The first-order valence-electron chi connectivity index (χ1n) is 9.71. The Hall–Kier alpha value is -1.72. The minimum atomic E-state index is -2.96. The van der Waals surface area contributed by atoms with Gasteiger partial charge in [-0.2, -0.15) is 0 Å². The highest BCUT2D eigenvalue weighted by molar-refractivity contribution is 9.10. The van der Waals surface area contributed by atoms with Crippen molar-refractivity contribution in [2.24, 2.45) is 0 Å². The molecule has 1 radical (unpaired) electrons. The second-order valence-electron chi connectivity index (χ2n) is 7.14. The van der Waals surface area contributed by atoms with Crippen LogP contribution in [0, 0.1) is 0 Å². The van der Waals surface area contributed by atoms with E-state index in [1.165, 1.54) is 0 Å². The number of aldehydes is 1. The van der Waals surface area contributed by atoms with Crippen molar-refractivity contribution < 1.29 is 9.69 Å². The Morgan fingerprint density at radius 1 is 0.833 bits per heavy atom. The van der Waals surface area contributed by atoms with Crippen molar-refractivity contribution in [1.29, 1.82) is 0 Å². The summed E-state index contributed by atoms with van der Waals surface area (Å²) in [5.41, 5.74) is 2.58. The average Bonchev–Trinajstić information content (AvgIpc) is 3.11. The van der Waals surface area contributed by atoms with Crippen LogP contribution < -0.4 is 9.34 Å². The van der Waals surface area contributed by atoms with Gasteiger partial charge in [0.1, 0.15) is 6.29 Å². The third-order valence-electron chi connectivity index (χ3n) is 5.41. The maximum absolute atomic E-state index is 12.5. The van der Waals surface area contributed by atoms with Gasteiger partial charge in [-0.05, 0) is 54.1 Å². The lowest BCUT2D eigenvalue weighted by molar-refractivity contribution is -0.107. The maximum atomic E-state index is 12.5. The molecule has 7 heteroatoms. The monoisotopic (exact) mass is 547 g/mol. The van der Waals surface area contributed by atoms with Gasteiger partial charge in [0.25, 0.3) is 0 Å². The first-order valence-corrected chi connectivity index (χ1v) is 13.0. The van der Waals surface area contributed by atoms with Crippen LogP contribution >= 0.6 is 39.7 Å². The van der Waals surface area contributed by atoms with E-state index in [1.807, 2.05) is 78.9 Å². The topological polar surface area (TPSA) is 43.8 Å². The fourth-order valence-electron chi connectivity index (χ4n) is 4.02. The van der Waals surface area contributed by atoms with E-state index < -0.39 is 7.79 Å². The molecule has 0 bridgehead atoms. The van der Waals surface area contributed by atoms with E-state index >= 15 is 0 Å². The quantitative estimate of drug-likeness (QED) is 0.277. The van der Waals surface area contributed by atoms with E-state index in [0.29, 0.717) is 13.1 Å². The molecule has 4 rings (SSSR count). The van der Waals surface area contributed by atoms with E-state index in [-0.39, 0.29) is 12.1 Å². The number of nitrogens with zero attached hydrogens (tertiary/aromatic N) is 2. The Kier molecular flexibility index (Phi) is 6.59. The smallest absolute Gasteiger partial charge is 0.169 e. The summed E-state index contributed by atoms with van der Waals surface area (Å²) in [7, 11) is -2.96. The largest absolute Gasteiger partial charge is 0.345 e. The Labute approximate surface area is 194 Å². The van der Waals surface area contributed by atoms with Crippen LogP contribution in [0.25, 0.3) is 0 Å². The molecule has 0 aliphatic carbocycles. The SMILES string of the molecule is O=CCC(c1ccccc1)[P]1(O)N(c2ccc(Br)cc2)CCN1c1ccc(Br)cc1. The standard InChI is InChI=1S/C23H22Br2N2O2P/c24-19-6-10-21(11-7-19)26-15-16-27(22-12-8-20(25)9-13-22)30(26,29)23(14-17-28)18-4-2-1-3-5-18/h1-13,17,23,29H,14-16H2. The number of rotatable bonds is 6. The highest BCUT2D eigenvalue weighted by atomic mass is 79.9. The summed E-state index contributed by atoms with van der Waals surface area (Å²) < 4.78 is 6.21. The van der Waals surface area contributed by atoms with Crippen molar-refractivity contribution in [2.45, 2.75) is 12.1 Å². The Balaban J connectivity index is 1.86. The van der Waals surface area contributed by atoms with Gasteiger partial charge in [-0.1, -0.05) is 62.2 Å². The van der Waals surface area contributed by atoms with Crippen LogP contribution in [-0.4, -0.2) is 24.3 Å². The number of halogens is 2. The van der Waals surface area contributed by atoms with Crippen LogP contribution in [0.15, 0.2) is 87.8 Å². The molecule has 1 unspecified atom stereocenters. The summed E-state index contributed by atoms with van der Waals surface area (Å²) >= 11 is 6.99. The van der Waals surface area contributed by atoms with Gasteiger partial charge in [-0.15, -0.1) is 0 Å². The lowest BCUT2D eigenvalue weighted by Crippen LogP contribution is -2.29. The van der Waals surface area contributed by atoms with Crippen LogP contribution in [0.1, 0.15) is 17.6 Å². The molecule has 4 nitrogen and oxygen atoms in total. The van der Waals surface area contributed by atoms with E-state index in [1.54, 1.807) is 0 Å². The van der Waals surface area contributed by atoms with Crippen LogP contribution in [-0.2, 0) is 4.79 Å². The molecular weight excluding hydrogens is 527 g/mol. The van der Waals surface area contributed by atoms with Crippen molar-refractivity contribution in [2.75, 3.05) is 22.4 Å². The third-order valence-corrected chi connectivity index (χ3v) is 10.1. The minimum absolute atomic E-state index is 0.258. The van der Waals surface area contributed by atoms with Crippen LogP contribution in [0.2, 0.25) is 0 Å². The second kappa shape index (κ2) is 9.19. The predicted octanol–water partition coefficient (Wildman–Crippen LogP) is 6.62. The molecular formula is C23H22Br2N2O2P. The molecule has 30 heavy (non-hydrogen) atoms. The number of benzene rings is 3. The van der Waals surface area contributed by atoms with Gasteiger partial charge in [-0.25, -0.2) is 0 Å². The molecule has 1 fully saturated rings. The minimum Gasteiger partial charge on any atom is -0.345 e. The zero-order valence-corrected chi connectivity index (χ0v) is 20.3. The molecule has 1 heterocycles. The third kappa shape index (κ3) is 4.06. The van der Waals surface area contributed by atoms with Gasteiger partial charge in [0.05, 0.1) is 5.66 Å². The predicted molar refractivity (Wildman–Crippen MR) is 132 cm³/mol.